The molecule has 0 bridgehead atoms. The Morgan fingerprint density at radius 1 is 1.19 bits per heavy atom. The van der Waals surface area contributed by atoms with Crippen LogP contribution >= 0.6 is 0 Å². The number of carboxylic acid groups (broad SMARTS) is 1. The molecule has 21 heavy (non-hydrogen) atoms. The Hall–Kier alpha value is -1.26. The second kappa shape index (κ2) is 8.25. The Bertz CT molecular complexity index is 349. The average Bonchev–Trinajstić information content (AvgIpc) is 2.88. The molecule has 1 rings (SSSR count). The largest absolute Gasteiger partial charge is 0.480 e. The molecule has 1 unspecified atom stereocenters. The van der Waals surface area contributed by atoms with Gasteiger partial charge in [0.25, 0.3) is 0 Å². The molecule has 1 saturated carbocycles. The summed E-state index contributed by atoms with van der Waals surface area (Å²) in [7, 11) is 0. The zero-order chi connectivity index (χ0) is 16.0. The third-order valence-corrected chi connectivity index (χ3v) is 4.19. The minimum Gasteiger partial charge on any atom is -0.480 e. The molecule has 0 aromatic carbocycles. The fourth-order valence-electron chi connectivity index (χ4n) is 2.79. The maximum atomic E-state index is 12.5. The summed E-state index contributed by atoms with van der Waals surface area (Å²) in [5.41, 5.74) is 0. The lowest BCUT2D eigenvalue weighted by molar-refractivity contribution is -0.140. The average molecular weight is 298 g/mol. The molecule has 0 aliphatic heterocycles. The van der Waals surface area contributed by atoms with Crippen molar-refractivity contribution in [2.45, 2.75) is 71.9 Å². The highest BCUT2D eigenvalue weighted by atomic mass is 16.4. The molecule has 0 spiro atoms. The summed E-state index contributed by atoms with van der Waals surface area (Å²) < 4.78 is 0. The third kappa shape index (κ3) is 5.56. The Morgan fingerprint density at radius 3 is 2.19 bits per heavy atom. The van der Waals surface area contributed by atoms with E-state index >= 15 is 0 Å². The highest BCUT2D eigenvalue weighted by Gasteiger charge is 2.30. The van der Waals surface area contributed by atoms with Gasteiger partial charge in [-0.15, -0.1) is 0 Å². The molecule has 0 saturated heterocycles. The molecule has 1 atom stereocenters. The Labute approximate surface area is 128 Å². The Kier molecular flexibility index (Phi) is 6.99. The first-order valence-corrected chi connectivity index (χ1v) is 8.12. The van der Waals surface area contributed by atoms with Crippen molar-refractivity contribution < 1.29 is 14.7 Å². The Morgan fingerprint density at radius 2 is 1.76 bits per heavy atom. The summed E-state index contributed by atoms with van der Waals surface area (Å²) in [6.07, 6.45) is 5.32. The summed E-state index contributed by atoms with van der Waals surface area (Å²) in [5, 5.41) is 11.9. The topological polar surface area (TPSA) is 69.6 Å². The van der Waals surface area contributed by atoms with E-state index in [4.69, 9.17) is 0 Å². The van der Waals surface area contributed by atoms with E-state index in [1.165, 1.54) is 0 Å². The number of hydrogen-bond acceptors (Lipinski definition) is 2. The van der Waals surface area contributed by atoms with Crippen LogP contribution in [0, 0.1) is 11.8 Å². The van der Waals surface area contributed by atoms with Crippen LogP contribution in [0.15, 0.2) is 0 Å². The van der Waals surface area contributed by atoms with Gasteiger partial charge >= 0.3 is 12.0 Å². The van der Waals surface area contributed by atoms with Gasteiger partial charge in [0.2, 0.25) is 0 Å². The molecule has 0 heterocycles. The number of rotatable bonds is 7. The number of carbonyl (C=O) groups is 2. The first-order chi connectivity index (χ1) is 9.82. The van der Waals surface area contributed by atoms with Crippen LogP contribution in [0.4, 0.5) is 4.79 Å². The van der Waals surface area contributed by atoms with Crippen molar-refractivity contribution in [2.75, 3.05) is 6.54 Å². The van der Waals surface area contributed by atoms with Crippen LogP contribution < -0.4 is 5.32 Å². The molecule has 0 aromatic rings. The summed E-state index contributed by atoms with van der Waals surface area (Å²) in [4.78, 5) is 25.6. The van der Waals surface area contributed by atoms with Crippen molar-refractivity contribution >= 4 is 12.0 Å². The number of amides is 2. The number of nitrogens with zero attached hydrogens (tertiary/aromatic N) is 1. The van der Waals surface area contributed by atoms with Gasteiger partial charge in [0.05, 0.1) is 0 Å². The molecule has 2 amide bonds. The lowest BCUT2D eigenvalue weighted by Gasteiger charge is -2.31. The van der Waals surface area contributed by atoms with Crippen LogP contribution in [0.2, 0.25) is 0 Å². The van der Waals surface area contributed by atoms with Crippen molar-refractivity contribution in [3.8, 4) is 0 Å². The predicted octanol–water partition coefficient (Wildman–Crippen LogP) is 3.10. The molecule has 0 radical (unpaired) electrons. The van der Waals surface area contributed by atoms with E-state index in [0.717, 1.165) is 32.1 Å². The molecule has 5 heteroatoms. The third-order valence-electron chi connectivity index (χ3n) is 4.19. The van der Waals surface area contributed by atoms with Crippen molar-refractivity contribution in [1.82, 2.24) is 10.2 Å². The monoisotopic (exact) mass is 298 g/mol. The van der Waals surface area contributed by atoms with Gasteiger partial charge in [0.1, 0.15) is 6.04 Å². The SMILES string of the molecule is CC(C)CCN(C(=O)NC(C(=O)O)C(C)C)C1CCCC1. The summed E-state index contributed by atoms with van der Waals surface area (Å²) in [6.45, 7) is 8.61. The van der Waals surface area contributed by atoms with E-state index in [-0.39, 0.29) is 18.0 Å². The van der Waals surface area contributed by atoms with Gasteiger partial charge < -0.3 is 15.3 Å². The van der Waals surface area contributed by atoms with Crippen LogP contribution in [0.25, 0.3) is 0 Å². The van der Waals surface area contributed by atoms with Crippen molar-refractivity contribution in [1.29, 1.82) is 0 Å². The Balaban J connectivity index is 2.71. The van der Waals surface area contributed by atoms with E-state index in [0.29, 0.717) is 12.5 Å². The molecule has 1 aliphatic rings. The fourth-order valence-corrected chi connectivity index (χ4v) is 2.79. The molecule has 2 N–H and O–H groups in total. The van der Waals surface area contributed by atoms with Crippen LogP contribution in [0.3, 0.4) is 0 Å². The second-order valence-electron chi connectivity index (χ2n) is 6.82. The first kappa shape index (κ1) is 17.8. The predicted molar refractivity (Wildman–Crippen MR) is 83.2 cm³/mol. The zero-order valence-corrected chi connectivity index (χ0v) is 13.8. The standard InChI is InChI=1S/C16H30N2O3/c1-11(2)9-10-18(13-7-5-6-8-13)16(21)17-14(12(3)4)15(19)20/h11-14H,5-10H2,1-4H3,(H,17,21)(H,19,20). The number of hydrogen-bond donors (Lipinski definition) is 2. The van der Waals surface area contributed by atoms with E-state index in [9.17, 15) is 14.7 Å². The van der Waals surface area contributed by atoms with Gasteiger partial charge in [-0.1, -0.05) is 40.5 Å². The normalized spacial score (nSPS) is 17.2. The van der Waals surface area contributed by atoms with Gasteiger partial charge in [0.15, 0.2) is 0 Å². The lowest BCUT2D eigenvalue weighted by atomic mass is 10.0. The molecular formula is C16H30N2O3. The van der Waals surface area contributed by atoms with Crippen molar-refractivity contribution in [3.05, 3.63) is 0 Å². The molecule has 1 aliphatic carbocycles. The van der Waals surface area contributed by atoms with Gasteiger partial charge in [0, 0.05) is 12.6 Å². The van der Waals surface area contributed by atoms with E-state index < -0.39 is 12.0 Å². The maximum absolute atomic E-state index is 12.5. The fraction of sp³-hybridized carbons (Fsp3) is 0.875. The van der Waals surface area contributed by atoms with Crippen LogP contribution in [0.5, 0.6) is 0 Å². The molecule has 0 aromatic heterocycles. The van der Waals surface area contributed by atoms with E-state index in [1.807, 2.05) is 18.7 Å². The quantitative estimate of drug-likeness (QED) is 0.759. The lowest BCUT2D eigenvalue weighted by Crippen LogP contribution is -2.52. The molecule has 5 nitrogen and oxygen atoms in total. The van der Waals surface area contributed by atoms with Gasteiger partial charge in [-0.05, 0) is 31.1 Å². The van der Waals surface area contributed by atoms with Gasteiger partial charge in [-0.3, -0.25) is 0 Å². The number of carboxylic acids is 1. The number of aliphatic carboxylic acids is 1. The summed E-state index contributed by atoms with van der Waals surface area (Å²) >= 11 is 0. The summed E-state index contributed by atoms with van der Waals surface area (Å²) in [6, 6.07) is -0.769. The first-order valence-electron chi connectivity index (χ1n) is 8.12. The molecular weight excluding hydrogens is 268 g/mol. The highest BCUT2D eigenvalue weighted by Crippen LogP contribution is 2.24. The molecule has 1 fully saturated rings. The summed E-state index contributed by atoms with van der Waals surface area (Å²) in [5.74, 6) is -0.558. The second-order valence-corrected chi connectivity index (χ2v) is 6.82. The smallest absolute Gasteiger partial charge is 0.326 e. The van der Waals surface area contributed by atoms with Crippen LogP contribution in [-0.4, -0.2) is 40.6 Å². The van der Waals surface area contributed by atoms with Crippen LogP contribution in [0.1, 0.15) is 59.8 Å². The molecule has 122 valence electrons. The minimum atomic E-state index is -0.964. The highest BCUT2D eigenvalue weighted by molar-refractivity contribution is 5.83. The van der Waals surface area contributed by atoms with Gasteiger partial charge in [-0.25, -0.2) is 9.59 Å². The van der Waals surface area contributed by atoms with E-state index in [1.54, 1.807) is 0 Å². The number of carbonyl (C=O) groups excluding carboxylic acids is 1. The van der Waals surface area contributed by atoms with Crippen molar-refractivity contribution in [2.24, 2.45) is 11.8 Å². The van der Waals surface area contributed by atoms with Gasteiger partial charge in [-0.2, -0.15) is 0 Å². The number of urea groups is 1. The van der Waals surface area contributed by atoms with Crippen molar-refractivity contribution in [3.63, 3.8) is 0 Å². The minimum absolute atomic E-state index is 0.123. The zero-order valence-electron chi connectivity index (χ0n) is 13.8. The van der Waals surface area contributed by atoms with Crippen LogP contribution in [-0.2, 0) is 4.79 Å². The van der Waals surface area contributed by atoms with E-state index in [2.05, 4.69) is 19.2 Å². The maximum Gasteiger partial charge on any atom is 0.326 e. The number of nitrogens with one attached hydrogen (secondary N) is 1.